The minimum Gasteiger partial charge on any atom is -0.497 e. The monoisotopic (exact) mass is 234 g/mol. The quantitative estimate of drug-likeness (QED) is 0.882. The van der Waals surface area contributed by atoms with E-state index in [-0.39, 0.29) is 0 Å². The van der Waals surface area contributed by atoms with Gasteiger partial charge in [-0.3, -0.25) is 0 Å². The van der Waals surface area contributed by atoms with Crippen LogP contribution in [0.1, 0.15) is 10.7 Å². The van der Waals surface area contributed by atoms with Crippen LogP contribution in [0.5, 0.6) is 5.75 Å². The first kappa shape index (κ1) is 11.0. The van der Waals surface area contributed by atoms with Crippen molar-refractivity contribution in [3.63, 3.8) is 0 Å². The highest BCUT2D eigenvalue weighted by atomic mass is 32.1. The number of ether oxygens (including phenoxy) is 1. The predicted octanol–water partition coefficient (Wildman–Crippen LogP) is 3.07. The van der Waals surface area contributed by atoms with E-state index in [1.807, 2.05) is 31.2 Å². The van der Waals surface area contributed by atoms with E-state index in [9.17, 15) is 0 Å². The number of aromatic nitrogens is 1. The summed E-state index contributed by atoms with van der Waals surface area (Å²) >= 11 is 1.68. The highest BCUT2D eigenvalue weighted by molar-refractivity contribution is 7.09. The van der Waals surface area contributed by atoms with Crippen molar-refractivity contribution in [2.24, 2.45) is 0 Å². The molecule has 16 heavy (non-hydrogen) atoms. The average Bonchev–Trinajstić information content (AvgIpc) is 2.73. The number of aryl methyl sites for hydroxylation is 1. The van der Waals surface area contributed by atoms with Gasteiger partial charge in [0.25, 0.3) is 0 Å². The first-order valence-corrected chi connectivity index (χ1v) is 5.95. The summed E-state index contributed by atoms with van der Waals surface area (Å²) in [6.45, 7) is 2.78. The van der Waals surface area contributed by atoms with Crippen molar-refractivity contribution >= 4 is 17.0 Å². The van der Waals surface area contributed by atoms with Crippen LogP contribution in [0.15, 0.2) is 29.6 Å². The molecule has 1 aromatic carbocycles. The fraction of sp³-hybridized carbons (Fsp3) is 0.250. The molecule has 0 unspecified atom stereocenters. The smallest absolute Gasteiger partial charge is 0.119 e. The van der Waals surface area contributed by atoms with Gasteiger partial charge in [0, 0.05) is 16.8 Å². The summed E-state index contributed by atoms with van der Waals surface area (Å²) in [5, 5.41) is 6.48. The van der Waals surface area contributed by atoms with Crippen LogP contribution in [-0.4, -0.2) is 12.1 Å². The molecule has 1 heterocycles. The van der Waals surface area contributed by atoms with E-state index in [1.54, 1.807) is 18.4 Å². The van der Waals surface area contributed by atoms with Crippen molar-refractivity contribution in [1.29, 1.82) is 0 Å². The Hall–Kier alpha value is -1.55. The Balaban J connectivity index is 1.94. The molecule has 0 bridgehead atoms. The number of hydrogen-bond donors (Lipinski definition) is 1. The number of benzene rings is 1. The van der Waals surface area contributed by atoms with Gasteiger partial charge in [0.2, 0.25) is 0 Å². The van der Waals surface area contributed by atoms with Crippen molar-refractivity contribution in [3.05, 3.63) is 40.3 Å². The first-order valence-electron chi connectivity index (χ1n) is 5.07. The zero-order valence-corrected chi connectivity index (χ0v) is 10.2. The van der Waals surface area contributed by atoms with Crippen LogP contribution in [0.25, 0.3) is 0 Å². The molecule has 84 valence electrons. The van der Waals surface area contributed by atoms with Crippen molar-refractivity contribution in [3.8, 4) is 5.75 Å². The summed E-state index contributed by atoms with van der Waals surface area (Å²) in [5.41, 5.74) is 2.16. The Kier molecular flexibility index (Phi) is 3.41. The molecule has 0 atom stereocenters. The molecule has 0 amide bonds. The summed E-state index contributed by atoms with van der Waals surface area (Å²) in [4.78, 5) is 4.39. The molecular formula is C12H14N2OS. The highest BCUT2D eigenvalue weighted by Gasteiger charge is 1.98. The topological polar surface area (TPSA) is 34.1 Å². The second kappa shape index (κ2) is 4.99. The van der Waals surface area contributed by atoms with Crippen molar-refractivity contribution in [1.82, 2.24) is 4.98 Å². The fourth-order valence-corrected chi connectivity index (χ4v) is 2.08. The number of hydrogen-bond acceptors (Lipinski definition) is 4. The third kappa shape index (κ3) is 2.73. The van der Waals surface area contributed by atoms with E-state index in [0.717, 1.165) is 28.7 Å². The normalized spacial score (nSPS) is 10.1. The number of methoxy groups -OCH3 is 1. The van der Waals surface area contributed by atoms with E-state index in [0.29, 0.717) is 0 Å². The maximum absolute atomic E-state index is 5.10. The van der Waals surface area contributed by atoms with E-state index in [2.05, 4.69) is 15.7 Å². The second-order valence-corrected chi connectivity index (χ2v) is 4.41. The van der Waals surface area contributed by atoms with Crippen LogP contribution in [0.3, 0.4) is 0 Å². The van der Waals surface area contributed by atoms with Gasteiger partial charge in [0.05, 0.1) is 13.7 Å². The standard InChI is InChI=1S/C12H14N2OS/c1-9-8-16-12(14-9)7-13-10-3-5-11(15-2)6-4-10/h3-6,8,13H,7H2,1-2H3. The summed E-state index contributed by atoms with van der Waals surface area (Å²) in [5.74, 6) is 0.871. The van der Waals surface area contributed by atoms with Crippen LogP contribution in [0, 0.1) is 6.92 Å². The summed E-state index contributed by atoms with van der Waals surface area (Å²) in [6, 6.07) is 7.88. The van der Waals surface area contributed by atoms with E-state index < -0.39 is 0 Å². The third-order valence-corrected chi connectivity index (χ3v) is 3.17. The molecular weight excluding hydrogens is 220 g/mol. The number of thiazole rings is 1. The van der Waals surface area contributed by atoms with E-state index in [4.69, 9.17) is 4.74 Å². The number of nitrogens with one attached hydrogen (secondary N) is 1. The Labute approximate surface area is 99.1 Å². The highest BCUT2D eigenvalue weighted by Crippen LogP contribution is 2.16. The van der Waals surface area contributed by atoms with Crippen molar-refractivity contribution < 1.29 is 4.74 Å². The van der Waals surface area contributed by atoms with E-state index >= 15 is 0 Å². The van der Waals surface area contributed by atoms with Gasteiger partial charge in [0.15, 0.2) is 0 Å². The molecule has 0 aliphatic heterocycles. The Morgan fingerprint density at radius 1 is 1.31 bits per heavy atom. The van der Waals surface area contributed by atoms with Crippen LogP contribution in [0.2, 0.25) is 0 Å². The Morgan fingerprint density at radius 3 is 2.62 bits per heavy atom. The van der Waals surface area contributed by atoms with Crippen LogP contribution < -0.4 is 10.1 Å². The summed E-state index contributed by atoms with van der Waals surface area (Å²) in [6.07, 6.45) is 0. The molecule has 3 nitrogen and oxygen atoms in total. The zero-order chi connectivity index (χ0) is 11.4. The molecule has 0 spiro atoms. The molecule has 2 rings (SSSR count). The van der Waals surface area contributed by atoms with E-state index in [1.165, 1.54) is 0 Å². The maximum Gasteiger partial charge on any atom is 0.119 e. The molecule has 0 aliphatic carbocycles. The Morgan fingerprint density at radius 2 is 2.06 bits per heavy atom. The number of rotatable bonds is 4. The Bertz CT molecular complexity index is 450. The van der Waals surface area contributed by atoms with Gasteiger partial charge in [0.1, 0.15) is 10.8 Å². The molecule has 1 aromatic heterocycles. The summed E-state index contributed by atoms with van der Waals surface area (Å²) in [7, 11) is 1.67. The first-order chi connectivity index (χ1) is 7.78. The fourth-order valence-electron chi connectivity index (χ4n) is 1.37. The van der Waals surface area contributed by atoms with Gasteiger partial charge in [-0.2, -0.15) is 0 Å². The maximum atomic E-state index is 5.10. The average molecular weight is 234 g/mol. The van der Waals surface area contributed by atoms with Gasteiger partial charge in [-0.15, -0.1) is 11.3 Å². The minimum absolute atomic E-state index is 0.769. The number of nitrogens with zero attached hydrogens (tertiary/aromatic N) is 1. The molecule has 0 saturated carbocycles. The van der Waals surface area contributed by atoms with Crippen LogP contribution in [-0.2, 0) is 6.54 Å². The lowest BCUT2D eigenvalue weighted by molar-refractivity contribution is 0.415. The molecule has 2 aromatic rings. The second-order valence-electron chi connectivity index (χ2n) is 3.46. The van der Waals surface area contributed by atoms with Gasteiger partial charge in [-0.25, -0.2) is 4.98 Å². The van der Waals surface area contributed by atoms with Crippen molar-refractivity contribution in [2.75, 3.05) is 12.4 Å². The van der Waals surface area contributed by atoms with Gasteiger partial charge in [-0.05, 0) is 31.2 Å². The SMILES string of the molecule is COc1ccc(NCc2nc(C)cs2)cc1. The number of anilines is 1. The molecule has 0 fully saturated rings. The molecule has 0 aliphatic rings. The third-order valence-electron chi connectivity index (χ3n) is 2.20. The molecule has 1 N–H and O–H groups in total. The largest absolute Gasteiger partial charge is 0.497 e. The molecule has 0 radical (unpaired) electrons. The molecule has 4 heteroatoms. The zero-order valence-electron chi connectivity index (χ0n) is 9.36. The lowest BCUT2D eigenvalue weighted by atomic mass is 10.3. The van der Waals surface area contributed by atoms with Crippen LogP contribution in [0.4, 0.5) is 5.69 Å². The molecule has 0 saturated heterocycles. The van der Waals surface area contributed by atoms with Gasteiger partial charge < -0.3 is 10.1 Å². The predicted molar refractivity (Wildman–Crippen MR) is 67.2 cm³/mol. The van der Waals surface area contributed by atoms with Gasteiger partial charge in [-0.1, -0.05) is 0 Å². The minimum atomic E-state index is 0.769. The van der Waals surface area contributed by atoms with Crippen LogP contribution >= 0.6 is 11.3 Å². The lowest BCUT2D eigenvalue weighted by Gasteiger charge is -2.05. The van der Waals surface area contributed by atoms with Crippen molar-refractivity contribution in [2.45, 2.75) is 13.5 Å². The summed E-state index contributed by atoms with van der Waals surface area (Å²) < 4.78 is 5.10. The van der Waals surface area contributed by atoms with Gasteiger partial charge >= 0.3 is 0 Å². The lowest BCUT2D eigenvalue weighted by Crippen LogP contribution is -1.98.